The fraction of sp³-hybridized carbons (Fsp3) is 0.481. The molecule has 1 N–H and O–H groups in total. The second-order valence-corrected chi connectivity index (χ2v) is 11.8. The number of thiazole rings is 1. The summed E-state index contributed by atoms with van der Waals surface area (Å²) in [5, 5.41) is 5.28. The summed E-state index contributed by atoms with van der Waals surface area (Å²) in [6.07, 6.45) is 5.57. The van der Waals surface area contributed by atoms with Gasteiger partial charge >= 0.3 is 0 Å². The summed E-state index contributed by atoms with van der Waals surface area (Å²) < 4.78 is 0. The summed E-state index contributed by atoms with van der Waals surface area (Å²) in [6, 6.07) is 7.88. The van der Waals surface area contributed by atoms with Crippen LogP contribution >= 0.6 is 11.3 Å². The number of Topliss-reactive ketones (excluding diaryl/α,β-unsaturated/α-hetero) is 1. The number of carbonyl (C=O) groups is 2. The van der Waals surface area contributed by atoms with E-state index in [1.165, 1.54) is 17.7 Å². The van der Waals surface area contributed by atoms with E-state index in [1.807, 2.05) is 43.1 Å². The molecular weight excluding hydrogens is 444 g/mol. The van der Waals surface area contributed by atoms with E-state index in [9.17, 15) is 9.59 Å². The molecule has 1 saturated heterocycles. The van der Waals surface area contributed by atoms with Crippen molar-refractivity contribution in [1.82, 2.24) is 14.9 Å². The molecule has 0 radical (unpaired) electrons. The van der Waals surface area contributed by atoms with Gasteiger partial charge in [0.05, 0.1) is 10.5 Å². The van der Waals surface area contributed by atoms with Crippen molar-refractivity contribution >= 4 is 39.7 Å². The lowest BCUT2D eigenvalue weighted by molar-refractivity contribution is 0.0522. The molecule has 1 spiro atoms. The van der Waals surface area contributed by atoms with Crippen molar-refractivity contribution in [3.05, 3.63) is 51.0 Å². The third-order valence-electron chi connectivity index (χ3n) is 8.18. The highest BCUT2D eigenvalue weighted by Crippen LogP contribution is 2.52. The predicted octanol–water partition coefficient (Wildman–Crippen LogP) is 5.14. The molecule has 3 aliphatic rings. The third kappa shape index (κ3) is 3.52. The molecule has 176 valence electrons. The Labute approximate surface area is 203 Å². The van der Waals surface area contributed by atoms with Crippen LogP contribution in [-0.2, 0) is 11.8 Å². The first kappa shape index (κ1) is 21.7. The molecule has 34 heavy (non-hydrogen) atoms. The van der Waals surface area contributed by atoms with Gasteiger partial charge in [-0.15, -0.1) is 11.3 Å². The van der Waals surface area contributed by atoms with Gasteiger partial charge in [0.25, 0.3) is 5.91 Å². The smallest absolute Gasteiger partial charge is 0.253 e. The normalized spacial score (nSPS) is 20.4. The standard InChI is InChI=1S/C27H30N4O2S/c1-16-12-17(13-19-18(16)4-5-22(28-3)29-19)24(33)31-10-8-27(9-11-31)14-20(32)23-21(15-27)34-25(30-23)26(2)6-7-26/h4-5,12-13H,6-11,14-15H2,1-3H3,(H,28,29). The van der Waals surface area contributed by atoms with E-state index < -0.39 is 0 Å². The van der Waals surface area contributed by atoms with E-state index in [1.54, 1.807) is 11.3 Å². The fourth-order valence-corrected chi connectivity index (χ4v) is 7.03. The van der Waals surface area contributed by atoms with E-state index in [0.29, 0.717) is 25.1 Å². The van der Waals surface area contributed by atoms with Crippen molar-refractivity contribution in [3.63, 3.8) is 0 Å². The molecule has 1 aromatic carbocycles. The molecule has 1 amide bonds. The van der Waals surface area contributed by atoms with Crippen molar-refractivity contribution in [2.45, 2.75) is 57.8 Å². The number of benzene rings is 1. The van der Waals surface area contributed by atoms with Gasteiger partial charge in [-0.1, -0.05) is 6.92 Å². The fourth-order valence-electron chi connectivity index (χ4n) is 5.58. The molecule has 0 bridgehead atoms. The third-order valence-corrected chi connectivity index (χ3v) is 9.54. The molecule has 2 fully saturated rings. The van der Waals surface area contributed by atoms with Gasteiger partial charge in [0, 0.05) is 47.8 Å². The maximum atomic E-state index is 13.4. The number of pyridine rings is 1. The van der Waals surface area contributed by atoms with Crippen LogP contribution in [0.25, 0.3) is 10.9 Å². The molecule has 2 aliphatic carbocycles. The van der Waals surface area contributed by atoms with Gasteiger partial charge in [-0.3, -0.25) is 9.59 Å². The largest absolute Gasteiger partial charge is 0.373 e. The summed E-state index contributed by atoms with van der Waals surface area (Å²) in [6.45, 7) is 5.66. The first-order valence-corrected chi connectivity index (χ1v) is 13.0. The minimum atomic E-state index is -0.0301. The number of hydrogen-bond acceptors (Lipinski definition) is 6. The Morgan fingerprint density at radius 2 is 1.85 bits per heavy atom. The van der Waals surface area contributed by atoms with E-state index in [2.05, 4.69) is 17.2 Å². The van der Waals surface area contributed by atoms with Crippen LogP contribution in [0, 0.1) is 12.3 Å². The number of aromatic nitrogens is 2. The number of nitrogens with one attached hydrogen (secondary N) is 1. The van der Waals surface area contributed by atoms with Crippen molar-refractivity contribution in [3.8, 4) is 0 Å². The highest BCUT2D eigenvalue weighted by atomic mass is 32.1. The van der Waals surface area contributed by atoms with Crippen LogP contribution in [-0.4, -0.2) is 46.7 Å². The average Bonchev–Trinajstić information content (AvgIpc) is 3.43. The number of likely N-dealkylation sites (tertiary alicyclic amines) is 1. The van der Waals surface area contributed by atoms with Gasteiger partial charge in [0.15, 0.2) is 5.78 Å². The lowest BCUT2D eigenvalue weighted by Crippen LogP contribution is -2.46. The highest BCUT2D eigenvalue weighted by Gasteiger charge is 2.47. The molecule has 0 unspecified atom stereocenters. The van der Waals surface area contributed by atoms with E-state index in [-0.39, 0.29) is 22.5 Å². The Hall–Kier alpha value is -2.80. The maximum absolute atomic E-state index is 13.4. The van der Waals surface area contributed by atoms with Crippen LogP contribution in [0.1, 0.15) is 75.3 Å². The quantitative estimate of drug-likeness (QED) is 0.569. The maximum Gasteiger partial charge on any atom is 0.253 e. The molecule has 6 rings (SSSR count). The molecule has 2 aromatic heterocycles. The van der Waals surface area contributed by atoms with Gasteiger partial charge in [-0.25, -0.2) is 9.97 Å². The number of piperidine rings is 1. The molecule has 1 saturated carbocycles. The van der Waals surface area contributed by atoms with Gasteiger partial charge in [-0.2, -0.15) is 0 Å². The Kier molecular flexibility index (Phi) is 4.86. The lowest BCUT2D eigenvalue weighted by atomic mass is 9.68. The van der Waals surface area contributed by atoms with Gasteiger partial charge in [0.2, 0.25) is 0 Å². The summed E-state index contributed by atoms with van der Waals surface area (Å²) in [5.41, 5.74) is 3.48. The minimum Gasteiger partial charge on any atom is -0.373 e. The van der Waals surface area contributed by atoms with Crippen LogP contribution in [0.3, 0.4) is 0 Å². The number of fused-ring (bicyclic) bond motifs is 2. The zero-order chi connectivity index (χ0) is 23.7. The Morgan fingerprint density at radius 1 is 1.09 bits per heavy atom. The summed E-state index contributed by atoms with van der Waals surface area (Å²) in [7, 11) is 1.85. The Balaban J connectivity index is 1.20. The van der Waals surface area contributed by atoms with Crippen molar-refractivity contribution in [2.24, 2.45) is 5.41 Å². The van der Waals surface area contributed by atoms with Crippen molar-refractivity contribution in [1.29, 1.82) is 0 Å². The molecular formula is C27H30N4O2S. The highest BCUT2D eigenvalue weighted by molar-refractivity contribution is 7.12. The number of hydrogen-bond donors (Lipinski definition) is 1. The SMILES string of the molecule is CNc1ccc2c(C)cc(C(=O)N3CCC4(CC3)CC(=O)c3nc(C5(C)CC5)sc3C4)cc2n1. The first-order chi connectivity index (χ1) is 16.3. The van der Waals surface area contributed by atoms with E-state index >= 15 is 0 Å². The number of anilines is 1. The molecule has 7 heteroatoms. The van der Waals surface area contributed by atoms with Crippen LogP contribution in [0.5, 0.6) is 0 Å². The number of ketones is 1. The zero-order valence-corrected chi connectivity index (χ0v) is 20.8. The average molecular weight is 475 g/mol. The molecule has 6 nitrogen and oxygen atoms in total. The lowest BCUT2D eigenvalue weighted by Gasteiger charge is -2.43. The molecule has 3 heterocycles. The minimum absolute atomic E-state index is 0.0301. The number of rotatable bonds is 3. The van der Waals surface area contributed by atoms with Crippen LogP contribution in [0.15, 0.2) is 24.3 Å². The summed E-state index contributed by atoms with van der Waals surface area (Å²) in [4.78, 5) is 39.0. The van der Waals surface area contributed by atoms with E-state index in [0.717, 1.165) is 52.2 Å². The van der Waals surface area contributed by atoms with Crippen molar-refractivity contribution in [2.75, 3.05) is 25.5 Å². The first-order valence-electron chi connectivity index (χ1n) is 12.2. The number of nitrogens with zero attached hydrogens (tertiary/aromatic N) is 3. The molecule has 0 atom stereocenters. The number of amides is 1. The summed E-state index contributed by atoms with van der Waals surface area (Å²) in [5.74, 6) is 1.05. The second kappa shape index (κ2) is 7.60. The second-order valence-electron chi connectivity index (χ2n) is 10.7. The van der Waals surface area contributed by atoms with Crippen LogP contribution < -0.4 is 5.32 Å². The van der Waals surface area contributed by atoms with Crippen LogP contribution in [0.2, 0.25) is 0 Å². The Morgan fingerprint density at radius 3 is 2.56 bits per heavy atom. The number of carbonyl (C=O) groups excluding carboxylic acids is 2. The number of aryl methyl sites for hydroxylation is 1. The van der Waals surface area contributed by atoms with Gasteiger partial charge < -0.3 is 10.2 Å². The molecule has 1 aliphatic heterocycles. The predicted molar refractivity (Wildman–Crippen MR) is 135 cm³/mol. The van der Waals surface area contributed by atoms with Crippen LogP contribution in [0.4, 0.5) is 5.82 Å². The van der Waals surface area contributed by atoms with E-state index in [4.69, 9.17) is 4.98 Å². The topological polar surface area (TPSA) is 75.2 Å². The summed E-state index contributed by atoms with van der Waals surface area (Å²) >= 11 is 1.76. The van der Waals surface area contributed by atoms with Gasteiger partial charge in [0.1, 0.15) is 11.5 Å². The Bertz CT molecular complexity index is 1330. The zero-order valence-electron chi connectivity index (χ0n) is 20.0. The van der Waals surface area contributed by atoms with Crippen molar-refractivity contribution < 1.29 is 9.59 Å². The monoisotopic (exact) mass is 474 g/mol. The molecule has 3 aromatic rings. The van der Waals surface area contributed by atoms with Gasteiger partial charge in [-0.05, 0) is 74.3 Å².